The fraction of sp³-hybridized carbons (Fsp3) is 0.316. The minimum atomic E-state index is -0.491. The number of benzene rings is 2. The highest BCUT2D eigenvalue weighted by Gasteiger charge is 2.35. The largest absolute Gasteiger partial charge is 0.507 e. The van der Waals surface area contributed by atoms with E-state index in [-0.39, 0.29) is 46.5 Å². The van der Waals surface area contributed by atoms with E-state index in [1.807, 2.05) is 0 Å². The molecule has 0 aromatic heterocycles. The van der Waals surface area contributed by atoms with Crippen molar-refractivity contribution in [1.82, 2.24) is 0 Å². The number of phenolic OH excluding ortho intramolecular Hbond substituents is 3. The second-order valence-electron chi connectivity index (χ2n) is 6.23. The van der Waals surface area contributed by atoms with Gasteiger partial charge in [0, 0.05) is 11.1 Å². The summed E-state index contributed by atoms with van der Waals surface area (Å²) >= 11 is 0. The first kappa shape index (κ1) is 17.0. The Kier molecular flexibility index (Phi) is 4.20. The van der Waals surface area contributed by atoms with Gasteiger partial charge in [-0.3, -0.25) is 4.79 Å². The third kappa shape index (κ3) is 2.73. The molecular formula is C19H20O6. The molecule has 25 heavy (non-hydrogen) atoms. The number of carbonyl (C=O) groups excluding carboxylic acids is 1. The van der Waals surface area contributed by atoms with Gasteiger partial charge < -0.3 is 24.8 Å². The standard InChI is InChI=1S/C19H20O6/c1-9-16(21)10(2)19-15(17(9)22)18(23)12(8-25-19)6-11-4-5-14(24-3)13(20)7-11/h4-5,7,12,20-22H,6,8H2,1-3H3/t12-/m0/s1. The molecule has 6 nitrogen and oxygen atoms in total. The average Bonchev–Trinajstić information content (AvgIpc) is 2.60. The molecule has 3 rings (SSSR count). The number of hydrogen-bond acceptors (Lipinski definition) is 6. The van der Waals surface area contributed by atoms with Crippen LogP contribution in [0.1, 0.15) is 27.0 Å². The fourth-order valence-electron chi connectivity index (χ4n) is 3.15. The van der Waals surface area contributed by atoms with Crippen molar-refractivity contribution in [2.24, 2.45) is 5.92 Å². The Balaban J connectivity index is 1.93. The molecule has 132 valence electrons. The van der Waals surface area contributed by atoms with Crippen molar-refractivity contribution >= 4 is 5.78 Å². The van der Waals surface area contributed by atoms with Crippen LogP contribution in [0.4, 0.5) is 0 Å². The van der Waals surface area contributed by atoms with Gasteiger partial charge in [0.15, 0.2) is 17.3 Å². The lowest BCUT2D eigenvalue weighted by molar-refractivity contribution is 0.0824. The monoisotopic (exact) mass is 344 g/mol. The second-order valence-corrected chi connectivity index (χ2v) is 6.23. The number of aromatic hydroxyl groups is 3. The molecule has 1 aliphatic rings. The summed E-state index contributed by atoms with van der Waals surface area (Å²) in [6.45, 7) is 3.34. The van der Waals surface area contributed by atoms with Crippen molar-refractivity contribution in [2.75, 3.05) is 13.7 Å². The van der Waals surface area contributed by atoms with Crippen LogP contribution in [0.5, 0.6) is 28.7 Å². The SMILES string of the molecule is COc1ccc(C[C@H]2COc3c(C)c(O)c(C)c(O)c3C2=O)cc1O. The molecule has 1 heterocycles. The van der Waals surface area contributed by atoms with Crippen molar-refractivity contribution in [3.8, 4) is 28.7 Å². The van der Waals surface area contributed by atoms with Crippen LogP contribution in [0, 0.1) is 19.8 Å². The third-order valence-corrected chi connectivity index (χ3v) is 4.64. The zero-order chi connectivity index (χ0) is 18.3. The number of rotatable bonds is 3. The first-order valence-electron chi connectivity index (χ1n) is 7.93. The van der Waals surface area contributed by atoms with E-state index in [0.717, 1.165) is 5.56 Å². The van der Waals surface area contributed by atoms with Crippen molar-refractivity contribution < 1.29 is 29.6 Å². The molecule has 0 bridgehead atoms. The maximum atomic E-state index is 12.9. The van der Waals surface area contributed by atoms with E-state index in [1.165, 1.54) is 7.11 Å². The molecule has 0 radical (unpaired) electrons. The van der Waals surface area contributed by atoms with Gasteiger partial charge in [0.1, 0.15) is 22.8 Å². The van der Waals surface area contributed by atoms with E-state index in [1.54, 1.807) is 32.0 Å². The van der Waals surface area contributed by atoms with Gasteiger partial charge in [0.25, 0.3) is 0 Å². The molecule has 1 atom stereocenters. The quantitative estimate of drug-likeness (QED) is 0.792. The van der Waals surface area contributed by atoms with Crippen molar-refractivity contribution in [3.05, 3.63) is 40.5 Å². The van der Waals surface area contributed by atoms with Crippen molar-refractivity contribution in [3.63, 3.8) is 0 Å². The molecule has 0 saturated heterocycles. The van der Waals surface area contributed by atoms with Crippen LogP contribution in [0.15, 0.2) is 18.2 Å². The van der Waals surface area contributed by atoms with Gasteiger partial charge >= 0.3 is 0 Å². The number of Topliss-reactive ketones (excluding diaryl/α,β-unsaturated/α-hetero) is 1. The molecular weight excluding hydrogens is 324 g/mol. The van der Waals surface area contributed by atoms with Crippen LogP contribution in [0.25, 0.3) is 0 Å². The van der Waals surface area contributed by atoms with E-state index in [2.05, 4.69) is 0 Å². The van der Waals surface area contributed by atoms with E-state index < -0.39 is 5.92 Å². The number of hydrogen-bond donors (Lipinski definition) is 3. The molecule has 0 saturated carbocycles. The number of methoxy groups -OCH3 is 1. The summed E-state index contributed by atoms with van der Waals surface area (Å²) in [5, 5.41) is 30.2. The summed E-state index contributed by atoms with van der Waals surface area (Å²) in [6, 6.07) is 4.96. The highest BCUT2D eigenvalue weighted by atomic mass is 16.5. The maximum absolute atomic E-state index is 12.9. The molecule has 0 aliphatic carbocycles. The average molecular weight is 344 g/mol. The van der Waals surface area contributed by atoms with Crippen molar-refractivity contribution in [1.29, 1.82) is 0 Å². The maximum Gasteiger partial charge on any atom is 0.177 e. The van der Waals surface area contributed by atoms with E-state index in [4.69, 9.17) is 9.47 Å². The smallest absolute Gasteiger partial charge is 0.177 e. The van der Waals surface area contributed by atoms with E-state index in [0.29, 0.717) is 17.7 Å². The molecule has 2 aromatic carbocycles. The Hall–Kier alpha value is -2.89. The zero-order valence-electron chi connectivity index (χ0n) is 14.3. The minimum Gasteiger partial charge on any atom is -0.507 e. The number of carbonyl (C=O) groups is 1. The lowest BCUT2D eigenvalue weighted by Gasteiger charge is -2.27. The van der Waals surface area contributed by atoms with E-state index in [9.17, 15) is 20.1 Å². The number of ketones is 1. The Morgan fingerprint density at radius 2 is 1.88 bits per heavy atom. The van der Waals surface area contributed by atoms with Crippen LogP contribution in [0.2, 0.25) is 0 Å². The predicted molar refractivity (Wildman–Crippen MR) is 90.9 cm³/mol. The highest BCUT2D eigenvalue weighted by molar-refractivity contribution is 6.05. The lowest BCUT2D eigenvalue weighted by atomic mass is 9.87. The Morgan fingerprint density at radius 1 is 1.16 bits per heavy atom. The fourth-order valence-corrected chi connectivity index (χ4v) is 3.15. The lowest BCUT2D eigenvalue weighted by Crippen LogP contribution is -2.30. The third-order valence-electron chi connectivity index (χ3n) is 4.64. The van der Waals surface area contributed by atoms with Gasteiger partial charge in [-0.05, 0) is 38.0 Å². The number of phenols is 3. The van der Waals surface area contributed by atoms with Crippen LogP contribution in [-0.4, -0.2) is 34.8 Å². The Bertz CT molecular complexity index is 856. The molecule has 0 fully saturated rings. The van der Waals surface area contributed by atoms with Gasteiger partial charge in [0.05, 0.1) is 19.6 Å². The Labute approximate surface area is 145 Å². The van der Waals surface area contributed by atoms with Crippen LogP contribution >= 0.6 is 0 Å². The van der Waals surface area contributed by atoms with E-state index >= 15 is 0 Å². The molecule has 2 aromatic rings. The topological polar surface area (TPSA) is 96.2 Å². The summed E-state index contributed by atoms with van der Waals surface area (Å²) in [4.78, 5) is 12.9. The van der Waals surface area contributed by atoms with Gasteiger partial charge in [-0.25, -0.2) is 0 Å². The van der Waals surface area contributed by atoms with Crippen LogP contribution < -0.4 is 9.47 Å². The Morgan fingerprint density at radius 3 is 2.52 bits per heavy atom. The van der Waals surface area contributed by atoms with Crippen LogP contribution in [-0.2, 0) is 6.42 Å². The zero-order valence-corrected chi connectivity index (χ0v) is 14.3. The van der Waals surface area contributed by atoms with Gasteiger partial charge in [0.2, 0.25) is 0 Å². The van der Waals surface area contributed by atoms with Gasteiger partial charge in [-0.1, -0.05) is 6.07 Å². The molecule has 3 N–H and O–H groups in total. The molecule has 0 unspecified atom stereocenters. The van der Waals surface area contributed by atoms with Crippen LogP contribution in [0.3, 0.4) is 0 Å². The number of fused-ring (bicyclic) bond motifs is 1. The summed E-state index contributed by atoms with van der Waals surface area (Å²) < 4.78 is 10.7. The first-order valence-corrected chi connectivity index (χ1v) is 7.93. The molecule has 0 amide bonds. The summed E-state index contributed by atoms with van der Waals surface area (Å²) in [6.07, 6.45) is 0.355. The summed E-state index contributed by atoms with van der Waals surface area (Å²) in [5.41, 5.74) is 1.58. The highest BCUT2D eigenvalue weighted by Crippen LogP contribution is 2.45. The summed E-state index contributed by atoms with van der Waals surface area (Å²) in [7, 11) is 1.47. The van der Waals surface area contributed by atoms with Gasteiger partial charge in [-0.15, -0.1) is 0 Å². The van der Waals surface area contributed by atoms with Crippen molar-refractivity contribution in [2.45, 2.75) is 20.3 Å². The predicted octanol–water partition coefficient (Wildman–Crippen LogP) is 2.86. The normalized spacial score (nSPS) is 16.3. The molecule has 0 spiro atoms. The minimum absolute atomic E-state index is 0.00374. The molecule has 6 heteroatoms. The first-order chi connectivity index (χ1) is 11.8. The van der Waals surface area contributed by atoms with Gasteiger partial charge in [-0.2, -0.15) is 0 Å². The summed E-state index contributed by atoms with van der Waals surface area (Å²) in [5.74, 6) is -0.439. The molecule has 1 aliphatic heterocycles. The number of ether oxygens (including phenoxy) is 2. The second kappa shape index (κ2) is 6.20.